The molecule has 0 aliphatic heterocycles. The van der Waals surface area contributed by atoms with Crippen LogP contribution in [0, 0.1) is 6.92 Å². The SMILES string of the molecule is Cc1cc(O)nn1-c1ccccc1. The molecule has 0 bridgehead atoms. The first-order chi connectivity index (χ1) is 6.27. The predicted molar refractivity (Wildman–Crippen MR) is 50.0 cm³/mol. The number of nitrogens with zero attached hydrogens (tertiary/aromatic N) is 2. The van der Waals surface area contributed by atoms with Crippen molar-refractivity contribution in [3.8, 4) is 11.6 Å². The van der Waals surface area contributed by atoms with E-state index in [1.54, 1.807) is 10.7 Å². The lowest BCUT2D eigenvalue weighted by atomic mass is 10.3. The van der Waals surface area contributed by atoms with Gasteiger partial charge in [-0.25, -0.2) is 4.68 Å². The molecule has 1 N–H and O–H groups in total. The molecule has 0 saturated carbocycles. The van der Waals surface area contributed by atoms with Crippen LogP contribution in [-0.4, -0.2) is 14.9 Å². The van der Waals surface area contributed by atoms with Gasteiger partial charge >= 0.3 is 0 Å². The summed E-state index contributed by atoms with van der Waals surface area (Å²) in [5.41, 5.74) is 1.88. The number of aromatic nitrogens is 2. The molecule has 0 spiro atoms. The lowest BCUT2D eigenvalue weighted by Crippen LogP contribution is -1.97. The molecule has 0 unspecified atom stereocenters. The second-order valence-corrected chi connectivity index (χ2v) is 2.89. The molecule has 0 amide bonds. The standard InChI is InChI=1S/C10H10N2O/c1-8-7-10(13)11-12(8)9-5-3-2-4-6-9/h2-7H,1H3,(H,11,13). The summed E-state index contributed by atoms with van der Waals surface area (Å²) in [5.74, 6) is 0.0568. The number of aryl methyl sites for hydroxylation is 1. The van der Waals surface area contributed by atoms with E-state index >= 15 is 0 Å². The van der Waals surface area contributed by atoms with Crippen molar-refractivity contribution in [3.63, 3.8) is 0 Å². The third-order valence-corrected chi connectivity index (χ3v) is 1.88. The highest BCUT2D eigenvalue weighted by Gasteiger charge is 2.03. The fourth-order valence-electron chi connectivity index (χ4n) is 1.29. The van der Waals surface area contributed by atoms with Gasteiger partial charge in [-0.05, 0) is 19.1 Å². The first kappa shape index (κ1) is 7.86. The Balaban J connectivity index is 2.53. The summed E-state index contributed by atoms with van der Waals surface area (Å²) in [6.45, 7) is 1.90. The van der Waals surface area contributed by atoms with Gasteiger partial charge in [0.2, 0.25) is 5.88 Å². The smallest absolute Gasteiger partial charge is 0.230 e. The van der Waals surface area contributed by atoms with E-state index < -0.39 is 0 Å². The quantitative estimate of drug-likeness (QED) is 0.716. The van der Waals surface area contributed by atoms with Crippen LogP contribution in [0.1, 0.15) is 5.69 Å². The van der Waals surface area contributed by atoms with Gasteiger partial charge in [-0.15, -0.1) is 5.10 Å². The Hall–Kier alpha value is -1.77. The average Bonchev–Trinajstić information content (AvgIpc) is 2.47. The molecule has 0 fully saturated rings. The van der Waals surface area contributed by atoms with Crippen molar-refractivity contribution < 1.29 is 5.11 Å². The lowest BCUT2D eigenvalue weighted by molar-refractivity contribution is 0.448. The molecule has 0 aliphatic carbocycles. The second kappa shape index (κ2) is 2.94. The Morgan fingerprint density at radius 1 is 1.23 bits per heavy atom. The molecule has 1 aromatic carbocycles. The first-order valence-electron chi connectivity index (χ1n) is 4.08. The minimum Gasteiger partial charge on any atom is -0.492 e. The van der Waals surface area contributed by atoms with Gasteiger partial charge in [-0.3, -0.25) is 0 Å². The van der Waals surface area contributed by atoms with Gasteiger partial charge in [0.05, 0.1) is 5.69 Å². The number of aromatic hydroxyl groups is 1. The van der Waals surface area contributed by atoms with Gasteiger partial charge in [0.25, 0.3) is 0 Å². The van der Waals surface area contributed by atoms with Crippen LogP contribution in [0.2, 0.25) is 0 Å². The normalized spacial score (nSPS) is 10.2. The molecule has 2 aromatic rings. The molecule has 0 saturated heterocycles. The van der Waals surface area contributed by atoms with E-state index in [2.05, 4.69) is 5.10 Å². The summed E-state index contributed by atoms with van der Waals surface area (Å²) >= 11 is 0. The van der Waals surface area contributed by atoms with Gasteiger partial charge in [0.15, 0.2) is 0 Å². The Bertz CT molecular complexity index is 406. The number of hydrogen-bond acceptors (Lipinski definition) is 2. The van der Waals surface area contributed by atoms with E-state index in [1.165, 1.54) is 0 Å². The molecule has 0 atom stereocenters. The van der Waals surface area contributed by atoms with E-state index in [9.17, 15) is 0 Å². The van der Waals surface area contributed by atoms with Crippen molar-refractivity contribution in [3.05, 3.63) is 42.1 Å². The Morgan fingerprint density at radius 2 is 1.92 bits per heavy atom. The molecular weight excluding hydrogens is 164 g/mol. The molecule has 0 radical (unpaired) electrons. The average molecular weight is 174 g/mol. The van der Waals surface area contributed by atoms with Crippen molar-refractivity contribution in [1.29, 1.82) is 0 Å². The maximum Gasteiger partial charge on any atom is 0.230 e. The zero-order chi connectivity index (χ0) is 9.26. The second-order valence-electron chi connectivity index (χ2n) is 2.89. The van der Waals surface area contributed by atoms with E-state index in [0.29, 0.717) is 0 Å². The molecule has 3 heteroatoms. The Morgan fingerprint density at radius 3 is 2.46 bits per heavy atom. The van der Waals surface area contributed by atoms with Crippen molar-refractivity contribution in [2.24, 2.45) is 0 Å². The number of hydrogen-bond donors (Lipinski definition) is 1. The zero-order valence-corrected chi connectivity index (χ0v) is 7.31. The summed E-state index contributed by atoms with van der Waals surface area (Å²) in [6, 6.07) is 11.3. The van der Waals surface area contributed by atoms with Crippen LogP contribution >= 0.6 is 0 Å². The maximum atomic E-state index is 9.16. The predicted octanol–water partition coefficient (Wildman–Crippen LogP) is 1.89. The summed E-state index contributed by atoms with van der Waals surface area (Å²) in [4.78, 5) is 0. The van der Waals surface area contributed by atoms with E-state index in [1.807, 2.05) is 37.3 Å². The summed E-state index contributed by atoms with van der Waals surface area (Å²) in [6.07, 6.45) is 0. The van der Waals surface area contributed by atoms with Crippen LogP contribution < -0.4 is 0 Å². The maximum absolute atomic E-state index is 9.16. The summed E-state index contributed by atoms with van der Waals surface area (Å²) in [7, 11) is 0. The summed E-state index contributed by atoms with van der Waals surface area (Å²) < 4.78 is 1.70. The van der Waals surface area contributed by atoms with E-state index in [4.69, 9.17) is 5.11 Å². The molecule has 0 aliphatic rings. The lowest BCUT2D eigenvalue weighted by Gasteiger charge is -2.01. The monoisotopic (exact) mass is 174 g/mol. The molecular formula is C10H10N2O. The zero-order valence-electron chi connectivity index (χ0n) is 7.31. The minimum absolute atomic E-state index is 0.0568. The van der Waals surface area contributed by atoms with Gasteiger partial charge in [-0.2, -0.15) is 0 Å². The first-order valence-corrected chi connectivity index (χ1v) is 4.08. The van der Waals surface area contributed by atoms with Crippen LogP contribution in [0.4, 0.5) is 0 Å². The minimum atomic E-state index is 0.0568. The molecule has 3 nitrogen and oxygen atoms in total. The molecule has 2 rings (SSSR count). The molecule has 13 heavy (non-hydrogen) atoms. The molecule has 1 heterocycles. The topological polar surface area (TPSA) is 38.1 Å². The number of benzene rings is 1. The third kappa shape index (κ3) is 1.40. The third-order valence-electron chi connectivity index (χ3n) is 1.88. The largest absolute Gasteiger partial charge is 0.492 e. The van der Waals surface area contributed by atoms with Gasteiger partial charge in [0.1, 0.15) is 0 Å². The van der Waals surface area contributed by atoms with E-state index in [0.717, 1.165) is 11.4 Å². The van der Waals surface area contributed by atoms with E-state index in [-0.39, 0.29) is 5.88 Å². The van der Waals surface area contributed by atoms with Crippen LogP contribution in [0.25, 0.3) is 5.69 Å². The highest BCUT2D eigenvalue weighted by Crippen LogP contribution is 2.14. The van der Waals surface area contributed by atoms with Crippen LogP contribution in [0.15, 0.2) is 36.4 Å². The molecule has 1 aromatic heterocycles. The highest BCUT2D eigenvalue weighted by atomic mass is 16.3. The van der Waals surface area contributed by atoms with Gasteiger partial charge in [0, 0.05) is 11.8 Å². The van der Waals surface area contributed by atoms with Crippen molar-refractivity contribution in [2.75, 3.05) is 0 Å². The van der Waals surface area contributed by atoms with Crippen LogP contribution in [0.5, 0.6) is 5.88 Å². The van der Waals surface area contributed by atoms with Gasteiger partial charge < -0.3 is 5.11 Å². The summed E-state index contributed by atoms with van der Waals surface area (Å²) in [5, 5.41) is 13.1. The Kier molecular flexibility index (Phi) is 1.77. The van der Waals surface area contributed by atoms with Crippen molar-refractivity contribution >= 4 is 0 Å². The fourth-order valence-corrected chi connectivity index (χ4v) is 1.29. The fraction of sp³-hybridized carbons (Fsp3) is 0.100. The Labute approximate surface area is 76.3 Å². The van der Waals surface area contributed by atoms with Crippen molar-refractivity contribution in [1.82, 2.24) is 9.78 Å². The number of para-hydroxylation sites is 1. The van der Waals surface area contributed by atoms with Gasteiger partial charge in [-0.1, -0.05) is 18.2 Å². The highest BCUT2D eigenvalue weighted by molar-refractivity contribution is 5.33. The molecule has 66 valence electrons. The number of rotatable bonds is 1. The van der Waals surface area contributed by atoms with Crippen LogP contribution in [-0.2, 0) is 0 Å². The van der Waals surface area contributed by atoms with Crippen molar-refractivity contribution in [2.45, 2.75) is 6.92 Å². The van der Waals surface area contributed by atoms with Crippen LogP contribution in [0.3, 0.4) is 0 Å².